The summed E-state index contributed by atoms with van der Waals surface area (Å²) in [6, 6.07) is 9.31. The first-order valence-electron chi connectivity index (χ1n) is 4.97. The van der Waals surface area contributed by atoms with Crippen LogP contribution in [0.3, 0.4) is 0 Å². The molecule has 1 heteroatoms. The number of allylic oxidation sites excluding steroid dienone is 1. The van der Waals surface area contributed by atoms with E-state index in [0.29, 0.717) is 12.0 Å². The molecule has 1 nitrogen and oxygen atoms in total. The van der Waals surface area contributed by atoms with Crippen LogP contribution in [0.1, 0.15) is 24.3 Å². The summed E-state index contributed by atoms with van der Waals surface area (Å²) < 4.78 is 0. The summed E-state index contributed by atoms with van der Waals surface area (Å²) in [5.74, 6) is 0.630. The number of hydrogen-bond donors (Lipinski definition) is 1. The molecule has 1 aliphatic heterocycles. The molecular formula is C12H13N. The van der Waals surface area contributed by atoms with E-state index in [4.69, 9.17) is 0 Å². The van der Waals surface area contributed by atoms with E-state index in [2.05, 4.69) is 41.7 Å². The lowest BCUT2D eigenvalue weighted by Crippen LogP contribution is -2.21. The Hall–Kier alpha value is -1.24. The monoisotopic (exact) mass is 171 g/mol. The smallest absolute Gasteiger partial charge is 0.0382 e. The number of para-hydroxylation sites is 1. The zero-order valence-corrected chi connectivity index (χ0v) is 7.53. The second-order valence-electron chi connectivity index (χ2n) is 3.87. The molecule has 0 unspecified atom stereocenters. The second-order valence-corrected chi connectivity index (χ2v) is 3.87. The van der Waals surface area contributed by atoms with Crippen molar-refractivity contribution in [2.45, 2.75) is 24.8 Å². The van der Waals surface area contributed by atoms with Crippen molar-refractivity contribution in [3.05, 3.63) is 42.0 Å². The first-order chi connectivity index (χ1) is 6.45. The number of rotatable bonds is 0. The number of hydrogen-bond acceptors (Lipinski definition) is 1. The average Bonchev–Trinajstić information content (AvgIpc) is 2.56. The fourth-order valence-electron chi connectivity index (χ4n) is 2.43. The zero-order valence-electron chi connectivity index (χ0n) is 7.53. The molecule has 3 rings (SSSR count). The molecule has 0 saturated heterocycles. The molecule has 1 aromatic rings. The Kier molecular flexibility index (Phi) is 1.45. The molecule has 1 aliphatic carbocycles. The van der Waals surface area contributed by atoms with Crippen LogP contribution in [0.5, 0.6) is 0 Å². The van der Waals surface area contributed by atoms with Crippen molar-refractivity contribution in [2.75, 3.05) is 5.32 Å². The molecule has 1 N–H and O–H groups in total. The molecule has 0 aromatic heterocycles. The lowest BCUT2D eigenvalue weighted by atomic mass is 9.88. The third kappa shape index (κ3) is 0.998. The minimum atomic E-state index is 0.630. The van der Waals surface area contributed by atoms with E-state index >= 15 is 0 Å². The number of fused-ring (bicyclic) bond motifs is 3. The highest BCUT2D eigenvalue weighted by Crippen LogP contribution is 2.40. The summed E-state index contributed by atoms with van der Waals surface area (Å²) in [4.78, 5) is 0. The van der Waals surface area contributed by atoms with Crippen molar-refractivity contribution < 1.29 is 0 Å². The largest absolute Gasteiger partial charge is 0.381 e. The zero-order chi connectivity index (χ0) is 8.67. The Morgan fingerprint density at radius 1 is 1.23 bits per heavy atom. The third-order valence-corrected chi connectivity index (χ3v) is 3.08. The highest BCUT2D eigenvalue weighted by molar-refractivity contribution is 5.61. The molecule has 1 aromatic carbocycles. The summed E-state index contributed by atoms with van der Waals surface area (Å²) >= 11 is 0. The standard InChI is InChI=1S/C12H13N/c1-3-7-11-9(5-1)10-6-2-4-8-12(10)13-11/h1-3,5-7,10,12-13H,4,8H2/t10-,12-/m1/s1. The molecular weight excluding hydrogens is 158 g/mol. The average molecular weight is 171 g/mol. The minimum absolute atomic E-state index is 0.630. The van der Waals surface area contributed by atoms with Crippen LogP contribution in [-0.2, 0) is 0 Å². The molecule has 2 atom stereocenters. The van der Waals surface area contributed by atoms with Gasteiger partial charge in [0.15, 0.2) is 0 Å². The quantitative estimate of drug-likeness (QED) is 0.592. The van der Waals surface area contributed by atoms with Crippen molar-refractivity contribution >= 4 is 5.69 Å². The van der Waals surface area contributed by atoms with E-state index in [-0.39, 0.29) is 0 Å². The summed E-state index contributed by atoms with van der Waals surface area (Å²) in [7, 11) is 0. The van der Waals surface area contributed by atoms with Gasteiger partial charge in [0.1, 0.15) is 0 Å². The van der Waals surface area contributed by atoms with E-state index in [1.54, 1.807) is 0 Å². The number of nitrogens with one attached hydrogen (secondary N) is 1. The van der Waals surface area contributed by atoms with E-state index in [9.17, 15) is 0 Å². The molecule has 0 amide bonds. The van der Waals surface area contributed by atoms with Crippen molar-refractivity contribution in [1.29, 1.82) is 0 Å². The summed E-state index contributed by atoms with van der Waals surface area (Å²) in [6.07, 6.45) is 7.16. The van der Waals surface area contributed by atoms with Gasteiger partial charge in [0.05, 0.1) is 0 Å². The van der Waals surface area contributed by atoms with Crippen LogP contribution in [0.15, 0.2) is 36.4 Å². The summed E-state index contributed by atoms with van der Waals surface area (Å²) in [5.41, 5.74) is 2.81. The lowest BCUT2D eigenvalue weighted by Gasteiger charge is -2.20. The van der Waals surface area contributed by atoms with Crippen molar-refractivity contribution in [2.24, 2.45) is 0 Å². The maximum Gasteiger partial charge on any atom is 0.0382 e. The Bertz CT molecular complexity index is 354. The Morgan fingerprint density at radius 2 is 2.15 bits per heavy atom. The second kappa shape index (κ2) is 2.63. The van der Waals surface area contributed by atoms with Gasteiger partial charge in [-0.2, -0.15) is 0 Å². The molecule has 0 bridgehead atoms. The molecule has 13 heavy (non-hydrogen) atoms. The maximum absolute atomic E-state index is 3.59. The van der Waals surface area contributed by atoms with E-state index in [0.717, 1.165) is 0 Å². The van der Waals surface area contributed by atoms with E-state index < -0.39 is 0 Å². The van der Waals surface area contributed by atoms with E-state index in [1.165, 1.54) is 24.1 Å². The normalized spacial score (nSPS) is 29.2. The molecule has 2 aliphatic rings. The number of benzene rings is 1. The molecule has 0 spiro atoms. The van der Waals surface area contributed by atoms with Crippen LogP contribution in [0.25, 0.3) is 0 Å². The Labute approximate surface area is 78.5 Å². The van der Waals surface area contributed by atoms with Crippen LogP contribution < -0.4 is 5.32 Å². The highest BCUT2D eigenvalue weighted by atomic mass is 15.0. The Balaban J connectivity index is 2.09. The van der Waals surface area contributed by atoms with Gasteiger partial charge in [-0.15, -0.1) is 0 Å². The van der Waals surface area contributed by atoms with Gasteiger partial charge in [-0.3, -0.25) is 0 Å². The van der Waals surface area contributed by atoms with Gasteiger partial charge in [-0.25, -0.2) is 0 Å². The summed E-state index contributed by atoms with van der Waals surface area (Å²) in [6.45, 7) is 0. The third-order valence-electron chi connectivity index (χ3n) is 3.08. The van der Waals surface area contributed by atoms with Crippen LogP contribution in [0.2, 0.25) is 0 Å². The van der Waals surface area contributed by atoms with Crippen LogP contribution in [0.4, 0.5) is 5.69 Å². The van der Waals surface area contributed by atoms with Crippen molar-refractivity contribution in [3.8, 4) is 0 Å². The van der Waals surface area contributed by atoms with Crippen LogP contribution in [-0.4, -0.2) is 6.04 Å². The van der Waals surface area contributed by atoms with Crippen molar-refractivity contribution in [1.82, 2.24) is 0 Å². The molecule has 66 valence electrons. The van der Waals surface area contributed by atoms with Crippen LogP contribution >= 0.6 is 0 Å². The van der Waals surface area contributed by atoms with Gasteiger partial charge in [0.2, 0.25) is 0 Å². The Morgan fingerprint density at radius 3 is 3.15 bits per heavy atom. The highest BCUT2D eigenvalue weighted by Gasteiger charge is 2.30. The number of anilines is 1. The van der Waals surface area contributed by atoms with Gasteiger partial charge in [-0.05, 0) is 24.5 Å². The van der Waals surface area contributed by atoms with Gasteiger partial charge in [-0.1, -0.05) is 30.4 Å². The van der Waals surface area contributed by atoms with Gasteiger partial charge < -0.3 is 5.32 Å². The predicted octanol–water partition coefficient (Wildman–Crippen LogP) is 2.91. The van der Waals surface area contributed by atoms with Gasteiger partial charge in [0, 0.05) is 17.6 Å². The molecule has 1 heterocycles. The minimum Gasteiger partial charge on any atom is -0.381 e. The SMILES string of the molecule is C1=C[C@@H]2c3ccccc3N[C@@H]2CC1. The lowest BCUT2D eigenvalue weighted by molar-refractivity contribution is 0.607. The molecule has 0 radical (unpaired) electrons. The van der Waals surface area contributed by atoms with Gasteiger partial charge >= 0.3 is 0 Å². The topological polar surface area (TPSA) is 12.0 Å². The first kappa shape index (κ1) is 7.19. The van der Waals surface area contributed by atoms with Crippen LogP contribution in [0, 0.1) is 0 Å². The first-order valence-corrected chi connectivity index (χ1v) is 4.97. The molecule has 0 fully saturated rings. The fraction of sp³-hybridized carbons (Fsp3) is 0.333. The van der Waals surface area contributed by atoms with E-state index in [1.807, 2.05) is 0 Å². The predicted molar refractivity (Wildman–Crippen MR) is 55.0 cm³/mol. The van der Waals surface area contributed by atoms with Crippen molar-refractivity contribution in [3.63, 3.8) is 0 Å². The fourth-order valence-corrected chi connectivity index (χ4v) is 2.43. The molecule has 0 saturated carbocycles. The summed E-state index contributed by atoms with van der Waals surface area (Å²) in [5, 5.41) is 3.59. The van der Waals surface area contributed by atoms with Gasteiger partial charge in [0.25, 0.3) is 0 Å². The maximum atomic E-state index is 3.59.